The van der Waals surface area contributed by atoms with E-state index in [4.69, 9.17) is 11.2 Å². The standard InChI is InChI=1S/C13H15BrN2O2/c1-5-8-16(12(17)18-13(2,3)4)11-7-6-10(14)9-15-11/h1,6-7,9H,8H2,2-4H3. The number of aromatic nitrogens is 1. The number of hydrogen-bond acceptors (Lipinski definition) is 3. The molecule has 96 valence electrons. The first kappa shape index (κ1) is 14.5. The fraction of sp³-hybridized carbons (Fsp3) is 0.385. The van der Waals surface area contributed by atoms with Crippen LogP contribution in [0.5, 0.6) is 0 Å². The normalized spacial score (nSPS) is 10.6. The van der Waals surface area contributed by atoms with E-state index in [2.05, 4.69) is 26.8 Å². The lowest BCUT2D eigenvalue weighted by molar-refractivity contribution is 0.0584. The van der Waals surface area contributed by atoms with Crippen LogP contribution in [0.25, 0.3) is 0 Å². The monoisotopic (exact) mass is 310 g/mol. The van der Waals surface area contributed by atoms with Gasteiger partial charge < -0.3 is 4.74 Å². The van der Waals surface area contributed by atoms with Gasteiger partial charge in [-0.3, -0.25) is 0 Å². The number of halogens is 1. The van der Waals surface area contributed by atoms with Gasteiger partial charge in [0.05, 0.1) is 6.54 Å². The predicted molar refractivity (Wildman–Crippen MR) is 74.4 cm³/mol. The van der Waals surface area contributed by atoms with Gasteiger partial charge >= 0.3 is 6.09 Å². The minimum Gasteiger partial charge on any atom is -0.443 e. The van der Waals surface area contributed by atoms with Gasteiger partial charge in [-0.25, -0.2) is 14.7 Å². The zero-order valence-corrected chi connectivity index (χ0v) is 12.2. The van der Waals surface area contributed by atoms with Gasteiger partial charge in [-0.15, -0.1) is 6.42 Å². The molecule has 0 spiro atoms. The molecule has 0 aliphatic rings. The van der Waals surface area contributed by atoms with Gasteiger partial charge in [-0.2, -0.15) is 0 Å². The van der Waals surface area contributed by atoms with E-state index in [0.717, 1.165) is 4.47 Å². The van der Waals surface area contributed by atoms with E-state index >= 15 is 0 Å². The maximum absolute atomic E-state index is 12.0. The number of pyridine rings is 1. The van der Waals surface area contributed by atoms with E-state index in [9.17, 15) is 4.79 Å². The van der Waals surface area contributed by atoms with Crippen molar-refractivity contribution in [2.24, 2.45) is 0 Å². The lowest BCUT2D eigenvalue weighted by Crippen LogP contribution is -2.37. The fourth-order valence-corrected chi connectivity index (χ4v) is 1.41. The Hall–Kier alpha value is -1.54. The van der Waals surface area contributed by atoms with Gasteiger partial charge in [0, 0.05) is 10.7 Å². The second kappa shape index (κ2) is 5.87. The zero-order chi connectivity index (χ0) is 13.8. The van der Waals surface area contributed by atoms with E-state index in [0.29, 0.717) is 5.82 Å². The van der Waals surface area contributed by atoms with Crippen molar-refractivity contribution in [1.82, 2.24) is 4.98 Å². The van der Waals surface area contributed by atoms with Crippen LogP contribution in [0.4, 0.5) is 10.6 Å². The minimum absolute atomic E-state index is 0.115. The number of hydrogen-bond donors (Lipinski definition) is 0. The Morgan fingerprint density at radius 2 is 2.22 bits per heavy atom. The van der Waals surface area contributed by atoms with E-state index in [1.165, 1.54) is 4.90 Å². The van der Waals surface area contributed by atoms with Gasteiger partial charge in [-0.1, -0.05) is 5.92 Å². The average Bonchev–Trinajstić information content (AvgIpc) is 2.25. The number of nitrogens with zero attached hydrogens (tertiary/aromatic N) is 2. The summed E-state index contributed by atoms with van der Waals surface area (Å²) in [6, 6.07) is 3.49. The van der Waals surface area contributed by atoms with Crippen molar-refractivity contribution < 1.29 is 9.53 Å². The third-order valence-corrected chi connectivity index (χ3v) is 2.32. The first-order valence-corrected chi connectivity index (χ1v) is 6.18. The summed E-state index contributed by atoms with van der Waals surface area (Å²) in [5.74, 6) is 2.88. The van der Waals surface area contributed by atoms with Crippen molar-refractivity contribution in [2.45, 2.75) is 26.4 Å². The lowest BCUT2D eigenvalue weighted by atomic mass is 10.2. The molecule has 0 fully saturated rings. The Balaban J connectivity index is 2.93. The highest BCUT2D eigenvalue weighted by atomic mass is 79.9. The first-order chi connectivity index (χ1) is 8.33. The van der Waals surface area contributed by atoms with Crippen molar-refractivity contribution in [3.63, 3.8) is 0 Å². The van der Waals surface area contributed by atoms with E-state index in [1.807, 2.05) is 0 Å². The molecule has 0 atom stereocenters. The summed E-state index contributed by atoms with van der Waals surface area (Å²) in [7, 11) is 0. The van der Waals surface area contributed by atoms with Crippen LogP contribution < -0.4 is 4.90 Å². The molecule has 0 radical (unpaired) electrons. The number of carbonyl (C=O) groups excluding carboxylic acids is 1. The zero-order valence-electron chi connectivity index (χ0n) is 10.6. The molecule has 0 aliphatic heterocycles. The Bertz CT molecular complexity index is 457. The van der Waals surface area contributed by atoms with Gasteiger partial charge in [0.15, 0.2) is 0 Å². The molecule has 0 aliphatic carbocycles. The third-order valence-electron chi connectivity index (χ3n) is 1.85. The summed E-state index contributed by atoms with van der Waals surface area (Å²) in [4.78, 5) is 17.4. The van der Waals surface area contributed by atoms with E-state index in [-0.39, 0.29) is 6.54 Å². The Morgan fingerprint density at radius 1 is 1.56 bits per heavy atom. The predicted octanol–water partition coefficient (Wildman–Crippen LogP) is 3.22. The Labute approximate surface area is 115 Å². The van der Waals surface area contributed by atoms with Crippen LogP contribution in [0.2, 0.25) is 0 Å². The Kier molecular flexibility index (Phi) is 4.74. The highest BCUT2D eigenvalue weighted by Crippen LogP contribution is 2.17. The summed E-state index contributed by atoms with van der Waals surface area (Å²) in [6.45, 7) is 5.51. The van der Waals surface area contributed by atoms with Crippen LogP contribution in [0, 0.1) is 12.3 Å². The molecule has 18 heavy (non-hydrogen) atoms. The Morgan fingerprint density at radius 3 is 2.67 bits per heavy atom. The molecule has 1 heterocycles. The third kappa shape index (κ3) is 4.38. The molecule has 4 nitrogen and oxygen atoms in total. The van der Waals surface area contributed by atoms with Gasteiger partial charge in [0.1, 0.15) is 11.4 Å². The van der Waals surface area contributed by atoms with Crippen molar-refractivity contribution in [2.75, 3.05) is 11.4 Å². The molecule has 5 heteroatoms. The fourth-order valence-electron chi connectivity index (χ4n) is 1.18. The maximum Gasteiger partial charge on any atom is 0.416 e. The molecule has 0 bridgehead atoms. The molecule has 0 unspecified atom stereocenters. The van der Waals surface area contributed by atoms with Crippen molar-refractivity contribution in [3.8, 4) is 12.3 Å². The van der Waals surface area contributed by atoms with Crippen LogP contribution in [0.15, 0.2) is 22.8 Å². The molecule has 0 saturated heterocycles. The second-order valence-electron chi connectivity index (χ2n) is 4.61. The number of terminal acetylenes is 1. The molecule has 1 amide bonds. The largest absolute Gasteiger partial charge is 0.443 e. The molecule has 1 rings (SSSR count). The summed E-state index contributed by atoms with van der Waals surface area (Å²) < 4.78 is 6.11. The van der Waals surface area contributed by atoms with E-state index in [1.54, 1.807) is 39.1 Å². The number of carbonyl (C=O) groups is 1. The van der Waals surface area contributed by atoms with Crippen molar-refractivity contribution in [3.05, 3.63) is 22.8 Å². The second-order valence-corrected chi connectivity index (χ2v) is 5.52. The summed E-state index contributed by atoms with van der Waals surface area (Å²) in [5.41, 5.74) is -0.570. The highest BCUT2D eigenvalue weighted by Gasteiger charge is 2.23. The molecule has 0 aromatic carbocycles. The topological polar surface area (TPSA) is 42.4 Å². The van der Waals surface area contributed by atoms with Gasteiger partial charge in [-0.05, 0) is 48.8 Å². The SMILES string of the molecule is C#CCN(C(=O)OC(C)(C)C)c1ccc(Br)cn1. The quantitative estimate of drug-likeness (QED) is 0.788. The van der Waals surface area contributed by atoms with Gasteiger partial charge in [0.2, 0.25) is 0 Å². The van der Waals surface area contributed by atoms with Crippen LogP contribution >= 0.6 is 15.9 Å². The van der Waals surface area contributed by atoms with Crippen molar-refractivity contribution in [1.29, 1.82) is 0 Å². The van der Waals surface area contributed by atoms with Crippen LogP contribution in [-0.2, 0) is 4.74 Å². The van der Waals surface area contributed by atoms with Crippen LogP contribution in [0.1, 0.15) is 20.8 Å². The smallest absolute Gasteiger partial charge is 0.416 e. The average molecular weight is 311 g/mol. The number of amides is 1. The van der Waals surface area contributed by atoms with E-state index < -0.39 is 11.7 Å². The molecule has 1 aromatic rings. The van der Waals surface area contributed by atoms with Crippen molar-refractivity contribution >= 4 is 27.8 Å². The first-order valence-electron chi connectivity index (χ1n) is 5.39. The molecule has 0 N–H and O–H groups in total. The number of rotatable bonds is 2. The summed E-state index contributed by atoms with van der Waals surface area (Å²) in [5, 5.41) is 0. The molecular weight excluding hydrogens is 296 g/mol. The van der Waals surface area contributed by atoms with Crippen LogP contribution in [-0.4, -0.2) is 23.2 Å². The number of ether oxygens (including phenoxy) is 1. The minimum atomic E-state index is -0.570. The van der Waals surface area contributed by atoms with Gasteiger partial charge in [0.25, 0.3) is 0 Å². The summed E-state index contributed by atoms with van der Waals surface area (Å²) in [6.07, 6.45) is 6.36. The number of anilines is 1. The lowest BCUT2D eigenvalue weighted by Gasteiger charge is -2.25. The molecular formula is C13H15BrN2O2. The highest BCUT2D eigenvalue weighted by molar-refractivity contribution is 9.10. The molecule has 1 aromatic heterocycles. The van der Waals surface area contributed by atoms with Crippen LogP contribution in [0.3, 0.4) is 0 Å². The molecule has 0 saturated carbocycles. The summed E-state index contributed by atoms with van der Waals surface area (Å²) >= 11 is 3.28. The maximum atomic E-state index is 12.0.